The molecule has 0 saturated heterocycles. The Bertz CT molecular complexity index is 685. The number of amides is 1. The first kappa shape index (κ1) is 14.0. The number of benzene rings is 1. The van der Waals surface area contributed by atoms with Crippen LogP contribution in [-0.4, -0.2) is 22.1 Å². The van der Waals surface area contributed by atoms with Crippen molar-refractivity contribution in [2.24, 2.45) is 5.92 Å². The molecule has 1 fully saturated rings. The van der Waals surface area contributed by atoms with Crippen molar-refractivity contribution in [3.8, 4) is 11.5 Å². The minimum Gasteiger partial charge on any atom is -0.409 e. The molecule has 1 aromatic carbocycles. The van der Waals surface area contributed by atoms with E-state index in [0.717, 1.165) is 5.56 Å². The number of hydrogen-bond donors (Lipinski definition) is 2. The largest absolute Gasteiger partial charge is 0.409 e. The van der Waals surface area contributed by atoms with Crippen LogP contribution in [-0.2, 0) is 0 Å². The summed E-state index contributed by atoms with van der Waals surface area (Å²) in [7, 11) is 0. The predicted molar refractivity (Wildman–Crippen MR) is 81.4 cm³/mol. The molecule has 2 aromatic rings. The smallest absolute Gasteiger partial charge is 0.284 e. The molecule has 1 aromatic heterocycles. The summed E-state index contributed by atoms with van der Waals surface area (Å²) in [5, 5.41) is 9.59. The van der Waals surface area contributed by atoms with Gasteiger partial charge in [0.05, 0.1) is 0 Å². The molecule has 110 valence electrons. The van der Waals surface area contributed by atoms with Gasteiger partial charge in [-0.25, -0.2) is 5.10 Å². The quantitative estimate of drug-likeness (QED) is 0.850. The van der Waals surface area contributed by atoms with Gasteiger partial charge >= 0.3 is 0 Å². The third-order valence-electron chi connectivity index (χ3n) is 4.05. The Labute approximate surface area is 127 Å². The number of aromatic amines is 1. The van der Waals surface area contributed by atoms with Crippen LogP contribution in [0.1, 0.15) is 36.5 Å². The van der Waals surface area contributed by atoms with Crippen LogP contribution in [0.25, 0.3) is 11.5 Å². The average molecular weight is 303 g/mol. The molecule has 6 heteroatoms. The van der Waals surface area contributed by atoms with E-state index in [2.05, 4.69) is 22.4 Å². The Balaban J connectivity index is 1.68. The zero-order chi connectivity index (χ0) is 14.8. The number of aromatic nitrogens is 2. The minimum atomic E-state index is -0.0381. The van der Waals surface area contributed by atoms with Crippen molar-refractivity contribution >= 4 is 18.1 Å². The number of carbonyl (C=O) groups is 1. The summed E-state index contributed by atoms with van der Waals surface area (Å²) in [6.07, 6.45) is 3.70. The van der Waals surface area contributed by atoms with Gasteiger partial charge in [0.15, 0.2) is 0 Å². The monoisotopic (exact) mass is 303 g/mol. The molecule has 0 bridgehead atoms. The van der Waals surface area contributed by atoms with Gasteiger partial charge in [-0.3, -0.25) is 4.79 Å². The van der Waals surface area contributed by atoms with Gasteiger partial charge in [-0.1, -0.05) is 6.42 Å². The summed E-state index contributed by atoms with van der Waals surface area (Å²) in [6, 6.07) is 7.38. The van der Waals surface area contributed by atoms with Crippen molar-refractivity contribution in [2.45, 2.75) is 32.2 Å². The van der Waals surface area contributed by atoms with E-state index in [1.807, 2.05) is 0 Å². The highest BCUT2D eigenvalue weighted by molar-refractivity contribution is 7.71. The summed E-state index contributed by atoms with van der Waals surface area (Å²) >= 11 is 4.84. The van der Waals surface area contributed by atoms with E-state index in [4.69, 9.17) is 16.6 Å². The maximum Gasteiger partial charge on any atom is 0.284 e. The molecule has 1 aliphatic carbocycles. The summed E-state index contributed by atoms with van der Waals surface area (Å²) in [6.45, 7) is 2.07. The van der Waals surface area contributed by atoms with Crippen LogP contribution < -0.4 is 5.32 Å². The number of hydrogen-bond acceptors (Lipinski definition) is 4. The van der Waals surface area contributed by atoms with Crippen molar-refractivity contribution in [3.63, 3.8) is 0 Å². The Kier molecular flexibility index (Phi) is 3.88. The fraction of sp³-hybridized carbons (Fsp3) is 0.400. The van der Waals surface area contributed by atoms with Crippen LogP contribution in [0.5, 0.6) is 0 Å². The van der Waals surface area contributed by atoms with E-state index < -0.39 is 0 Å². The molecule has 1 saturated carbocycles. The van der Waals surface area contributed by atoms with Crippen molar-refractivity contribution in [2.75, 3.05) is 0 Å². The second-order valence-electron chi connectivity index (χ2n) is 5.45. The van der Waals surface area contributed by atoms with E-state index in [9.17, 15) is 4.79 Å². The Morgan fingerprint density at radius 1 is 1.43 bits per heavy atom. The van der Waals surface area contributed by atoms with Crippen molar-refractivity contribution in [3.05, 3.63) is 34.7 Å². The first-order chi connectivity index (χ1) is 10.1. The first-order valence-electron chi connectivity index (χ1n) is 7.10. The van der Waals surface area contributed by atoms with Gasteiger partial charge in [-0.2, -0.15) is 0 Å². The minimum absolute atomic E-state index is 0.0381. The van der Waals surface area contributed by atoms with Gasteiger partial charge in [0.25, 0.3) is 10.7 Å². The Morgan fingerprint density at radius 2 is 2.14 bits per heavy atom. The molecule has 1 atom stereocenters. The Morgan fingerprint density at radius 3 is 2.67 bits per heavy atom. The highest BCUT2D eigenvalue weighted by atomic mass is 32.1. The standard InChI is InChI=1S/C15H17N3O2S/c1-9(10-3-2-4-10)16-13(19)11-5-7-12(8-6-11)14-17-18-15(21)20-14/h5-10H,2-4H2,1H3,(H,16,19)(H,18,21)/t9-/m0/s1. The molecule has 0 aliphatic heterocycles. The Hall–Kier alpha value is -1.95. The van der Waals surface area contributed by atoms with Crippen molar-refractivity contribution < 1.29 is 9.21 Å². The van der Waals surface area contributed by atoms with E-state index >= 15 is 0 Å². The summed E-state index contributed by atoms with van der Waals surface area (Å²) in [5.41, 5.74) is 1.42. The topological polar surface area (TPSA) is 70.9 Å². The second-order valence-corrected chi connectivity index (χ2v) is 5.82. The summed E-state index contributed by atoms with van der Waals surface area (Å²) in [4.78, 5) is 12.4. The maximum absolute atomic E-state index is 12.2. The molecule has 0 radical (unpaired) electrons. The molecule has 1 amide bonds. The van der Waals surface area contributed by atoms with Gasteiger partial charge in [0, 0.05) is 17.2 Å². The second kappa shape index (κ2) is 5.81. The van der Waals surface area contributed by atoms with Crippen LogP contribution in [0.3, 0.4) is 0 Å². The summed E-state index contributed by atoms with van der Waals surface area (Å²) < 4.78 is 5.24. The van der Waals surface area contributed by atoms with E-state index in [0.29, 0.717) is 17.4 Å². The lowest BCUT2D eigenvalue weighted by Gasteiger charge is -2.31. The van der Waals surface area contributed by atoms with Crippen molar-refractivity contribution in [1.82, 2.24) is 15.5 Å². The normalized spacial score (nSPS) is 16.2. The molecular weight excluding hydrogens is 286 g/mol. The number of rotatable bonds is 4. The molecule has 1 heterocycles. The van der Waals surface area contributed by atoms with Gasteiger partial charge in [0.2, 0.25) is 5.89 Å². The molecule has 21 heavy (non-hydrogen) atoms. The van der Waals surface area contributed by atoms with Gasteiger partial charge in [-0.15, -0.1) is 5.10 Å². The number of H-pyrrole nitrogens is 1. The van der Waals surface area contributed by atoms with Crippen LogP contribution in [0, 0.1) is 10.8 Å². The van der Waals surface area contributed by atoms with Gasteiger partial charge in [0.1, 0.15) is 0 Å². The highest BCUT2D eigenvalue weighted by Gasteiger charge is 2.25. The molecular formula is C15H17N3O2S. The molecule has 2 N–H and O–H groups in total. The zero-order valence-corrected chi connectivity index (χ0v) is 12.6. The molecule has 1 aliphatic rings. The fourth-order valence-corrected chi connectivity index (χ4v) is 2.59. The van der Waals surface area contributed by atoms with E-state index in [1.165, 1.54) is 19.3 Å². The van der Waals surface area contributed by atoms with E-state index in [1.54, 1.807) is 24.3 Å². The fourth-order valence-electron chi connectivity index (χ4n) is 2.47. The number of nitrogens with one attached hydrogen (secondary N) is 2. The van der Waals surface area contributed by atoms with Gasteiger partial charge in [-0.05, 0) is 62.2 Å². The third-order valence-corrected chi connectivity index (χ3v) is 4.22. The molecule has 0 unspecified atom stereocenters. The number of carbonyl (C=O) groups excluding carboxylic acids is 1. The molecule has 0 spiro atoms. The van der Waals surface area contributed by atoms with Crippen LogP contribution in [0.2, 0.25) is 0 Å². The lowest BCUT2D eigenvalue weighted by Crippen LogP contribution is -2.40. The third kappa shape index (κ3) is 3.05. The molecule has 5 nitrogen and oxygen atoms in total. The van der Waals surface area contributed by atoms with Crippen LogP contribution in [0.15, 0.2) is 28.7 Å². The van der Waals surface area contributed by atoms with E-state index in [-0.39, 0.29) is 16.8 Å². The lowest BCUT2D eigenvalue weighted by atomic mass is 9.80. The molecule has 3 rings (SSSR count). The van der Waals surface area contributed by atoms with Crippen LogP contribution >= 0.6 is 12.2 Å². The van der Waals surface area contributed by atoms with Crippen molar-refractivity contribution in [1.29, 1.82) is 0 Å². The van der Waals surface area contributed by atoms with Gasteiger partial charge < -0.3 is 9.73 Å². The summed E-state index contributed by atoms with van der Waals surface area (Å²) in [5.74, 6) is 1.01. The SMILES string of the molecule is C[C@H](NC(=O)c1ccc(-c2n[nH]c(=S)o2)cc1)C1CCC1. The average Bonchev–Trinajstić information content (AvgIpc) is 2.83. The number of nitrogens with zero attached hydrogens (tertiary/aromatic N) is 1. The maximum atomic E-state index is 12.2. The first-order valence-corrected chi connectivity index (χ1v) is 7.51. The highest BCUT2D eigenvalue weighted by Crippen LogP contribution is 2.29. The lowest BCUT2D eigenvalue weighted by molar-refractivity contribution is 0.0909. The van der Waals surface area contributed by atoms with Crippen LogP contribution in [0.4, 0.5) is 0 Å². The predicted octanol–water partition coefficient (Wildman–Crippen LogP) is 3.32. The zero-order valence-electron chi connectivity index (χ0n) is 11.8.